The van der Waals surface area contributed by atoms with E-state index in [4.69, 9.17) is 0 Å². The van der Waals surface area contributed by atoms with Crippen LogP contribution in [0.15, 0.2) is 6.20 Å². The Hall–Kier alpha value is -0.410. The lowest BCUT2D eigenvalue weighted by molar-refractivity contribution is 0.510. The van der Waals surface area contributed by atoms with E-state index in [1.54, 1.807) is 0 Å². The van der Waals surface area contributed by atoms with E-state index in [-0.39, 0.29) is 0 Å². The zero-order valence-electron chi connectivity index (χ0n) is 7.50. The summed E-state index contributed by atoms with van der Waals surface area (Å²) in [6.45, 7) is 5.52. The maximum Gasteiger partial charge on any atom is 0.0897 e. The van der Waals surface area contributed by atoms with Crippen molar-refractivity contribution in [2.45, 2.75) is 26.3 Å². The molecule has 2 atom stereocenters. The second-order valence-corrected chi connectivity index (χ2v) is 4.75. The van der Waals surface area contributed by atoms with Crippen LogP contribution in [0.4, 0.5) is 0 Å². The fraction of sp³-hybridized carbons (Fsp3) is 0.667. The summed E-state index contributed by atoms with van der Waals surface area (Å²) in [5.41, 5.74) is 0. The van der Waals surface area contributed by atoms with Gasteiger partial charge in [0.15, 0.2) is 0 Å². The van der Waals surface area contributed by atoms with Gasteiger partial charge in [0.1, 0.15) is 0 Å². The summed E-state index contributed by atoms with van der Waals surface area (Å²) < 4.78 is 0. The molecule has 3 heteroatoms. The van der Waals surface area contributed by atoms with Crippen molar-refractivity contribution in [1.82, 2.24) is 10.3 Å². The van der Waals surface area contributed by atoms with Gasteiger partial charge in [0.2, 0.25) is 0 Å². The summed E-state index contributed by atoms with van der Waals surface area (Å²) in [5.74, 6) is 0.768. The van der Waals surface area contributed by atoms with Gasteiger partial charge in [-0.2, -0.15) is 0 Å². The monoisotopic (exact) mass is 182 g/mol. The van der Waals surface area contributed by atoms with E-state index >= 15 is 0 Å². The molecule has 2 heterocycles. The lowest BCUT2D eigenvalue weighted by Crippen LogP contribution is -2.14. The Labute approximate surface area is 77.0 Å². The number of hydrogen-bond acceptors (Lipinski definition) is 3. The summed E-state index contributed by atoms with van der Waals surface area (Å²) >= 11 is 1.82. The van der Waals surface area contributed by atoms with E-state index in [2.05, 4.69) is 24.1 Å². The molecule has 2 rings (SSSR count). The van der Waals surface area contributed by atoms with Crippen LogP contribution in [0, 0.1) is 12.8 Å². The highest BCUT2D eigenvalue weighted by molar-refractivity contribution is 7.11. The third kappa shape index (κ3) is 1.39. The first-order chi connectivity index (χ1) is 5.77. The minimum absolute atomic E-state index is 0.566. The number of rotatable bonds is 1. The van der Waals surface area contributed by atoms with Crippen LogP contribution in [-0.4, -0.2) is 11.5 Å². The van der Waals surface area contributed by atoms with Gasteiger partial charge < -0.3 is 5.32 Å². The third-order valence-corrected chi connectivity index (χ3v) is 3.47. The van der Waals surface area contributed by atoms with Crippen LogP contribution in [0.3, 0.4) is 0 Å². The molecule has 0 aliphatic carbocycles. The molecular weight excluding hydrogens is 168 g/mol. The lowest BCUT2D eigenvalue weighted by Gasteiger charge is -2.12. The van der Waals surface area contributed by atoms with Crippen molar-refractivity contribution in [1.29, 1.82) is 0 Å². The van der Waals surface area contributed by atoms with Gasteiger partial charge in [0.25, 0.3) is 0 Å². The summed E-state index contributed by atoms with van der Waals surface area (Å²) in [6.07, 6.45) is 3.31. The average Bonchev–Trinajstić information content (AvgIpc) is 2.58. The third-order valence-electron chi connectivity index (χ3n) is 2.48. The summed E-state index contributed by atoms with van der Waals surface area (Å²) in [4.78, 5) is 5.67. The SMILES string of the molecule is Cc1ncc([C@@H]2NCC[C@H]2C)s1. The molecule has 0 saturated carbocycles. The number of nitrogens with one attached hydrogen (secondary N) is 1. The van der Waals surface area contributed by atoms with Crippen LogP contribution in [0.25, 0.3) is 0 Å². The van der Waals surface area contributed by atoms with Gasteiger partial charge in [0.05, 0.1) is 5.01 Å². The van der Waals surface area contributed by atoms with Crippen LogP contribution in [0.1, 0.15) is 29.3 Å². The van der Waals surface area contributed by atoms with Crippen molar-refractivity contribution in [3.05, 3.63) is 16.1 Å². The minimum atomic E-state index is 0.566. The van der Waals surface area contributed by atoms with E-state index in [1.807, 2.05) is 17.5 Å². The topological polar surface area (TPSA) is 24.9 Å². The average molecular weight is 182 g/mol. The predicted molar refractivity (Wildman–Crippen MR) is 51.4 cm³/mol. The van der Waals surface area contributed by atoms with Gasteiger partial charge in [0, 0.05) is 17.1 Å². The van der Waals surface area contributed by atoms with Crippen molar-refractivity contribution in [2.75, 3.05) is 6.54 Å². The highest BCUT2D eigenvalue weighted by atomic mass is 32.1. The zero-order valence-corrected chi connectivity index (χ0v) is 8.32. The largest absolute Gasteiger partial charge is 0.309 e. The molecule has 0 unspecified atom stereocenters. The first kappa shape index (κ1) is 8.20. The fourth-order valence-corrected chi connectivity index (χ4v) is 2.73. The molecule has 0 spiro atoms. The molecule has 0 aromatic carbocycles. The molecule has 1 N–H and O–H groups in total. The Morgan fingerprint density at radius 1 is 1.67 bits per heavy atom. The van der Waals surface area contributed by atoms with E-state index in [0.29, 0.717) is 6.04 Å². The quantitative estimate of drug-likeness (QED) is 0.719. The fourth-order valence-electron chi connectivity index (χ4n) is 1.74. The molecule has 66 valence electrons. The molecule has 1 aromatic heterocycles. The molecule has 12 heavy (non-hydrogen) atoms. The van der Waals surface area contributed by atoms with E-state index in [1.165, 1.54) is 16.3 Å². The number of aromatic nitrogens is 1. The van der Waals surface area contributed by atoms with Crippen LogP contribution >= 0.6 is 11.3 Å². The van der Waals surface area contributed by atoms with Gasteiger partial charge in [-0.1, -0.05) is 6.92 Å². The Morgan fingerprint density at radius 2 is 2.50 bits per heavy atom. The Balaban J connectivity index is 2.19. The lowest BCUT2D eigenvalue weighted by atomic mass is 10.0. The number of nitrogens with zero attached hydrogens (tertiary/aromatic N) is 1. The molecule has 1 aliphatic heterocycles. The predicted octanol–water partition coefficient (Wildman–Crippen LogP) is 2.12. The van der Waals surface area contributed by atoms with Crippen LogP contribution in [-0.2, 0) is 0 Å². The second kappa shape index (κ2) is 3.15. The molecular formula is C9H14N2S. The van der Waals surface area contributed by atoms with Crippen molar-refractivity contribution in [3.8, 4) is 0 Å². The van der Waals surface area contributed by atoms with Crippen molar-refractivity contribution < 1.29 is 0 Å². The molecule has 1 fully saturated rings. The maximum atomic E-state index is 4.27. The van der Waals surface area contributed by atoms with Crippen LogP contribution in [0.2, 0.25) is 0 Å². The van der Waals surface area contributed by atoms with Gasteiger partial charge >= 0.3 is 0 Å². The highest BCUT2D eigenvalue weighted by Gasteiger charge is 2.25. The Kier molecular flexibility index (Phi) is 2.15. The Morgan fingerprint density at radius 3 is 3.00 bits per heavy atom. The molecule has 1 aliphatic rings. The Bertz CT molecular complexity index is 269. The van der Waals surface area contributed by atoms with E-state index in [0.717, 1.165) is 12.5 Å². The molecule has 0 amide bonds. The normalized spacial score (nSPS) is 29.5. The van der Waals surface area contributed by atoms with Gasteiger partial charge in [-0.15, -0.1) is 11.3 Å². The second-order valence-electron chi connectivity index (χ2n) is 3.48. The molecule has 0 radical (unpaired) electrons. The first-order valence-electron chi connectivity index (χ1n) is 4.43. The summed E-state index contributed by atoms with van der Waals surface area (Å²) in [7, 11) is 0. The zero-order chi connectivity index (χ0) is 8.55. The van der Waals surface area contributed by atoms with Crippen molar-refractivity contribution in [2.24, 2.45) is 5.92 Å². The van der Waals surface area contributed by atoms with Crippen molar-refractivity contribution in [3.63, 3.8) is 0 Å². The minimum Gasteiger partial charge on any atom is -0.309 e. The van der Waals surface area contributed by atoms with Crippen LogP contribution in [0.5, 0.6) is 0 Å². The first-order valence-corrected chi connectivity index (χ1v) is 5.25. The van der Waals surface area contributed by atoms with Crippen molar-refractivity contribution >= 4 is 11.3 Å². The van der Waals surface area contributed by atoms with Crippen LogP contribution < -0.4 is 5.32 Å². The van der Waals surface area contributed by atoms with E-state index in [9.17, 15) is 0 Å². The molecule has 1 saturated heterocycles. The van der Waals surface area contributed by atoms with Gasteiger partial charge in [-0.05, 0) is 25.8 Å². The standard InChI is InChI=1S/C9H14N2S/c1-6-3-4-10-9(6)8-5-11-7(2)12-8/h5-6,9-10H,3-4H2,1-2H3/t6-,9-/m1/s1. The summed E-state index contributed by atoms with van der Waals surface area (Å²) in [6, 6.07) is 0.566. The molecule has 0 bridgehead atoms. The number of hydrogen-bond donors (Lipinski definition) is 1. The van der Waals surface area contributed by atoms with Gasteiger partial charge in [-0.25, -0.2) is 4.98 Å². The molecule has 1 aromatic rings. The maximum absolute atomic E-state index is 4.27. The number of aryl methyl sites for hydroxylation is 1. The van der Waals surface area contributed by atoms with Gasteiger partial charge in [-0.3, -0.25) is 0 Å². The highest BCUT2D eigenvalue weighted by Crippen LogP contribution is 2.31. The summed E-state index contributed by atoms with van der Waals surface area (Å²) in [5, 5.41) is 4.68. The van der Waals surface area contributed by atoms with E-state index < -0.39 is 0 Å². The molecule has 2 nitrogen and oxygen atoms in total. The number of thiazole rings is 1. The smallest absolute Gasteiger partial charge is 0.0897 e.